The van der Waals surface area contributed by atoms with Crippen LogP contribution in [0.5, 0.6) is 5.75 Å². The first-order chi connectivity index (χ1) is 15.8. The van der Waals surface area contributed by atoms with Crippen LogP contribution in [-0.2, 0) is 4.79 Å². The summed E-state index contributed by atoms with van der Waals surface area (Å²) in [5.74, 6) is 0.273. The first-order valence-electron chi connectivity index (χ1n) is 12.0. The molecular weight excluding hydrogens is 416 g/mol. The van der Waals surface area contributed by atoms with E-state index in [0.29, 0.717) is 5.75 Å². The highest BCUT2D eigenvalue weighted by molar-refractivity contribution is 5.76. The molecule has 3 aromatic rings. The normalized spacial score (nSPS) is 13.7. The van der Waals surface area contributed by atoms with Gasteiger partial charge in [0.15, 0.2) is 11.2 Å². The van der Waals surface area contributed by atoms with Gasteiger partial charge in [-0.1, -0.05) is 63.8 Å². The van der Waals surface area contributed by atoms with E-state index >= 15 is 0 Å². The first-order valence-corrected chi connectivity index (χ1v) is 12.0. The van der Waals surface area contributed by atoms with Crippen molar-refractivity contribution in [3.05, 3.63) is 60.0 Å². The van der Waals surface area contributed by atoms with Gasteiger partial charge in [0.05, 0.1) is 6.04 Å². The lowest BCUT2D eigenvalue weighted by atomic mass is 10.0. The molecule has 1 heterocycles. The van der Waals surface area contributed by atoms with Gasteiger partial charge >= 0.3 is 5.97 Å². The summed E-state index contributed by atoms with van der Waals surface area (Å²) in [6, 6.07) is 15.6. The number of hydrogen-bond acceptors (Lipinski definition) is 5. The maximum Gasteiger partial charge on any atom is 0.347 e. The molecule has 1 aromatic heterocycles. The minimum Gasteiger partial charge on any atom is -0.478 e. The topological polar surface area (TPSA) is 84.6 Å². The molecule has 0 aliphatic carbocycles. The van der Waals surface area contributed by atoms with Crippen molar-refractivity contribution in [1.29, 1.82) is 0 Å². The highest BCUT2D eigenvalue weighted by Gasteiger charge is 2.29. The minimum atomic E-state index is -1.28. The van der Waals surface area contributed by atoms with Crippen molar-refractivity contribution >= 4 is 17.1 Å². The van der Waals surface area contributed by atoms with E-state index in [4.69, 9.17) is 14.1 Å². The molecule has 0 saturated heterocycles. The zero-order valence-electron chi connectivity index (χ0n) is 20.1. The summed E-state index contributed by atoms with van der Waals surface area (Å²) in [5.41, 5.74) is 1.53. The predicted octanol–water partition coefficient (Wildman–Crippen LogP) is 6.82. The molecule has 178 valence electrons. The summed E-state index contributed by atoms with van der Waals surface area (Å²) in [5, 5.41) is 13.1. The zero-order valence-corrected chi connectivity index (χ0v) is 20.1. The number of aliphatic carboxylic acids is 1. The molecule has 0 saturated carbocycles. The molecule has 2 atom stereocenters. The maximum atomic E-state index is 11.3. The van der Waals surface area contributed by atoms with Crippen LogP contribution in [0.25, 0.3) is 11.1 Å². The Morgan fingerprint density at radius 1 is 1.06 bits per heavy atom. The minimum absolute atomic E-state index is 0.0149. The summed E-state index contributed by atoms with van der Waals surface area (Å²) in [4.78, 5) is 16.1. The molecule has 0 amide bonds. The van der Waals surface area contributed by atoms with E-state index in [2.05, 4.69) is 19.2 Å². The number of carboxylic acid groups (broad SMARTS) is 1. The molecular formula is C27H36N2O4. The Bertz CT molecular complexity index is 993. The molecule has 0 aliphatic rings. The molecule has 0 bridgehead atoms. The number of nitrogens with one attached hydrogen (secondary N) is 1. The Kier molecular flexibility index (Phi) is 8.50. The van der Waals surface area contributed by atoms with Crippen molar-refractivity contribution in [1.82, 2.24) is 10.3 Å². The maximum absolute atomic E-state index is 11.3. The van der Waals surface area contributed by atoms with Gasteiger partial charge in [-0.25, -0.2) is 9.78 Å². The third-order valence-corrected chi connectivity index (χ3v) is 5.94. The van der Waals surface area contributed by atoms with Crippen molar-refractivity contribution in [3.63, 3.8) is 0 Å². The van der Waals surface area contributed by atoms with Gasteiger partial charge in [0, 0.05) is 6.04 Å². The Labute approximate surface area is 196 Å². The molecule has 6 nitrogen and oxygen atoms in total. The fourth-order valence-electron chi connectivity index (χ4n) is 3.89. The van der Waals surface area contributed by atoms with Gasteiger partial charge in [-0.3, -0.25) is 5.32 Å². The third kappa shape index (κ3) is 6.57. The molecule has 2 aromatic carbocycles. The lowest BCUT2D eigenvalue weighted by Gasteiger charge is -2.25. The largest absolute Gasteiger partial charge is 0.478 e. The van der Waals surface area contributed by atoms with E-state index in [1.54, 1.807) is 13.8 Å². The standard InChI is InChI=1S/C27H36N2O4/c1-5-7-8-9-13-23(25-29-22-12-10-11-14-24(22)32-25)28-21(6-2)19-15-17-20(18-16-19)33-27(3,4)26(30)31/h10-12,14-18,21,23,28H,5-9,13H2,1-4H3,(H,30,31). The van der Waals surface area contributed by atoms with Crippen LogP contribution in [0.4, 0.5) is 0 Å². The Balaban J connectivity index is 1.77. The van der Waals surface area contributed by atoms with Crippen molar-refractivity contribution in [2.45, 2.75) is 83.9 Å². The van der Waals surface area contributed by atoms with Crippen molar-refractivity contribution < 1.29 is 19.1 Å². The number of carbonyl (C=O) groups is 1. The number of ether oxygens (including phenoxy) is 1. The van der Waals surface area contributed by atoms with E-state index in [-0.39, 0.29) is 12.1 Å². The SMILES string of the molecule is CCCCCCC(NC(CC)c1ccc(OC(C)(C)C(=O)O)cc1)c1nc2ccccc2o1. The lowest BCUT2D eigenvalue weighted by Crippen LogP contribution is -2.37. The number of carboxylic acids is 1. The summed E-state index contributed by atoms with van der Waals surface area (Å²) in [7, 11) is 0. The van der Waals surface area contributed by atoms with Gasteiger partial charge in [-0.2, -0.15) is 0 Å². The molecule has 3 rings (SSSR count). The van der Waals surface area contributed by atoms with Gasteiger partial charge < -0.3 is 14.3 Å². The van der Waals surface area contributed by atoms with Crippen molar-refractivity contribution in [2.75, 3.05) is 0 Å². The molecule has 0 spiro atoms. The van der Waals surface area contributed by atoms with Crippen molar-refractivity contribution in [2.24, 2.45) is 0 Å². The van der Waals surface area contributed by atoms with E-state index in [1.807, 2.05) is 48.5 Å². The number of rotatable bonds is 13. The summed E-state index contributed by atoms with van der Waals surface area (Å²) >= 11 is 0. The lowest BCUT2D eigenvalue weighted by molar-refractivity contribution is -0.152. The van der Waals surface area contributed by atoms with Crippen LogP contribution < -0.4 is 10.1 Å². The number of unbranched alkanes of at least 4 members (excludes halogenated alkanes) is 3. The van der Waals surface area contributed by atoms with Crippen LogP contribution in [0.2, 0.25) is 0 Å². The molecule has 2 N–H and O–H groups in total. The number of benzene rings is 2. The second kappa shape index (κ2) is 11.3. The van der Waals surface area contributed by atoms with Gasteiger partial charge in [0.2, 0.25) is 5.89 Å². The second-order valence-corrected chi connectivity index (χ2v) is 9.04. The number of oxazole rings is 1. The third-order valence-electron chi connectivity index (χ3n) is 5.94. The molecule has 0 fully saturated rings. The average Bonchev–Trinajstić information content (AvgIpc) is 3.23. The number of aromatic nitrogens is 1. The van der Waals surface area contributed by atoms with E-state index in [1.165, 1.54) is 19.3 Å². The summed E-state index contributed by atoms with van der Waals surface area (Å²) in [6.07, 6.45) is 6.58. The van der Waals surface area contributed by atoms with Gasteiger partial charge in [0.25, 0.3) is 0 Å². The quantitative estimate of drug-likeness (QED) is 0.277. The van der Waals surface area contributed by atoms with Crippen LogP contribution >= 0.6 is 0 Å². The van der Waals surface area contributed by atoms with Crippen LogP contribution in [-0.4, -0.2) is 21.7 Å². The predicted molar refractivity (Wildman–Crippen MR) is 130 cm³/mol. The van der Waals surface area contributed by atoms with Crippen LogP contribution in [0.1, 0.15) is 89.8 Å². The van der Waals surface area contributed by atoms with Gasteiger partial charge in [-0.15, -0.1) is 0 Å². The fourth-order valence-corrected chi connectivity index (χ4v) is 3.89. The van der Waals surface area contributed by atoms with Crippen LogP contribution in [0, 0.1) is 0 Å². The van der Waals surface area contributed by atoms with Crippen LogP contribution in [0.15, 0.2) is 52.9 Å². The highest BCUT2D eigenvalue weighted by Crippen LogP contribution is 2.29. The average molecular weight is 453 g/mol. The zero-order chi connectivity index (χ0) is 23.8. The highest BCUT2D eigenvalue weighted by atomic mass is 16.5. The van der Waals surface area contributed by atoms with Gasteiger partial charge in [-0.05, 0) is 56.5 Å². The Hall–Kier alpha value is -2.86. The number of fused-ring (bicyclic) bond motifs is 1. The monoisotopic (exact) mass is 452 g/mol. The Morgan fingerprint density at radius 2 is 1.79 bits per heavy atom. The van der Waals surface area contributed by atoms with Crippen LogP contribution in [0.3, 0.4) is 0 Å². The first kappa shape index (κ1) is 24.8. The fraction of sp³-hybridized carbons (Fsp3) is 0.481. The molecule has 6 heteroatoms. The number of nitrogens with zero attached hydrogens (tertiary/aromatic N) is 1. The van der Waals surface area contributed by atoms with Crippen molar-refractivity contribution in [3.8, 4) is 5.75 Å². The van der Waals surface area contributed by atoms with E-state index < -0.39 is 11.6 Å². The summed E-state index contributed by atoms with van der Waals surface area (Å²) < 4.78 is 11.8. The Morgan fingerprint density at radius 3 is 2.42 bits per heavy atom. The van der Waals surface area contributed by atoms with Gasteiger partial charge in [0.1, 0.15) is 11.3 Å². The molecule has 2 unspecified atom stereocenters. The molecule has 0 aliphatic heterocycles. The summed E-state index contributed by atoms with van der Waals surface area (Å²) in [6.45, 7) is 7.46. The van der Waals surface area contributed by atoms with E-state index in [0.717, 1.165) is 41.8 Å². The second-order valence-electron chi connectivity index (χ2n) is 9.04. The smallest absolute Gasteiger partial charge is 0.347 e. The van der Waals surface area contributed by atoms with E-state index in [9.17, 15) is 9.90 Å². The molecule has 33 heavy (non-hydrogen) atoms. The number of hydrogen-bond donors (Lipinski definition) is 2. The molecule has 0 radical (unpaired) electrons. The number of para-hydroxylation sites is 2.